The third-order valence-electron chi connectivity index (χ3n) is 5.20. The first-order valence-electron chi connectivity index (χ1n) is 9.79. The number of carbonyl (C=O) groups is 2. The van der Waals surface area contributed by atoms with Crippen molar-refractivity contribution in [3.8, 4) is 0 Å². The smallest absolute Gasteiger partial charge is 0.356 e. The van der Waals surface area contributed by atoms with Crippen molar-refractivity contribution in [2.24, 2.45) is 13.0 Å². The van der Waals surface area contributed by atoms with Gasteiger partial charge >= 0.3 is 5.97 Å². The van der Waals surface area contributed by atoms with E-state index in [9.17, 15) is 24.8 Å². The van der Waals surface area contributed by atoms with E-state index in [0.29, 0.717) is 21.4 Å². The van der Waals surface area contributed by atoms with Crippen LogP contribution in [-0.4, -0.2) is 63.7 Å². The minimum atomic E-state index is -1.24. The molecule has 0 unspecified atom stereocenters. The quantitative estimate of drug-likeness (QED) is 0.187. The molecule has 2 atom stereocenters. The molecule has 2 aliphatic rings. The lowest BCUT2D eigenvalue weighted by Crippen LogP contribution is -2.64. The largest absolute Gasteiger partial charge is 0.456 e. The Labute approximate surface area is 196 Å². The number of aryl methyl sites for hydroxylation is 1. The molecule has 33 heavy (non-hydrogen) atoms. The van der Waals surface area contributed by atoms with Gasteiger partial charge in [0.25, 0.3) is 5.69 Å². The molecule has 0 spiro atoms. The molecule has 12 nitrogen and oxygen atoms in total. The first kappa shape index (κ1) is 23.2. The Hall–Kier alpha value is -2.97. The number of benzene rings is 1. The predicted octanol–water partition coefficient (Wildman–Crippen LogP) is 1.47. The molecule has 174 valence electrons. The highest BCUT2D eigenvalue weighted by Crippen LogP contribution is 2.53. The highest BCUT2D eigenvalue weighted by molar-refractivity contribution is 8.06. The number of thioether (sulfide) groups is 2. The summed E-state index contributed by atoms with van der Waals surface area (Å²) in [6.07, 6.45) is 0. The third-order valence-corrected chi connectivity index (χ3v) is 7.76. The van der Waals surface area contributed by atoms with E-state index in [1.165, 1.54) is 57.4 Å². The van der Waals surface area contributed by atoms with E-state index in [1.807, 2.05) is 0 Å². The summed E-state index contributed by atoms with van der Waals surface area (Å²) in [5, 5.41) is 32.6. The molecular formula is C19H20N6O6S2. The Morgan fingerprint density at radius 2 is 2.06 bits per heavy atom. The Morgan fingerprint density at radius 1 is 1.36 bits per heavy atom. The first-order chi connectivity index (χ1) is 15.6. The number of aromatic nitrogens is 4. The maximum Gasteiger partial charge on any atom is 0.356 e. The van der Waals surface area contributed by atoms with Gasteiger partial charge in [0.1, 0.15) is 17.7 Å². The number of aliphatic hydroxyl groups is 1. The standard InChI is InChI=1S/C19H20N6O6S2/c1-19(2,28)13-15(26)24-14(12(33-16(13)24)9-32-18-20-21-22-23(18)3)17(27)31-8-10-4-6-11(7-5-10)25(29)30/h4-7,13,16,28H,8-9H2,1-3H3/t13-,16-/m1/s1. The number of tetrazole rings is 1. The van der Waals surface area contributed by atoms with Crippen molar-refractivity contribution >= 4 is 41.1 Å². The van der Waals surface area contributed by atoms with Crippen molar-refractivity contribution in [2.45, 2.75) is 36.6 Å². The lowest BCUT2D eigenvalue weighted by molar-refractivity contribution is -0.384. The van der Waals surface area contributed by atoms with Crippen LogP contribution in [0.2, 0.25) is 0 Å². The zero-order chi connectivity index (χ0) is 23.9. The van der Waals surface area contributed by atoms with Gasteiger partial charge in [0.05, 0.1) is 16.4 Å². The van der Waals surface area contributed by atoms with E-state index < -0.39 is 27.8 Å². The maximum atomic E-state index is 13.0. The van der Waals surface area contributed by atoms with Gasteiger partial charge in [-0.1, -0.05) is 11.8 Å². The highest BCUT2D eigenvalue weighted by atomic mass is 32.2. The molecule has 2 aromatic rings. The van der Waals surface area contributed by atoms with Crippen molar-refractivity contribution in [1.29, 1.82) is 0 Å². The molecule has 0 bridgehead atoms. The van der Waals surface area contributed by atoms with Gasteiger partial charge in [-0.15, -0.1) is 16.9 Å². The summed E-state index contributed by atoms with van der Waals surface area (Å²) in [6.45, 7) is 3.02. The lowest BCUT2D eigenvalue weighted by atomic mass is 9.82. The molecule has 1 aromatic carbocycles. The normalized spacial score (nSPS) is 20.0. The summed E-state index contributed by atoms with van der Waals surface area (Å²) in [5.41, 5.74) is -0.596. The number of rotatable bonds is 8. The molecule has 0 saturated carbocycles. The van der Waals surface area contributed by atoms with Gasteiger partial charge in [-0.2, -0.15) is 0 Å². The van der Waals surface area contributed by atoms with Gasteiger partial charge < -0.3 is 9.84 Å². The van der Waals surface area contributed by atoms with Crippen molar-refractivity contribution in [3.63, 3.8) is 0 Å². The van der Waals surface area contributed by atoms with Crippen LogP contribution in [0.3, 0.4) is 0 Å². The fourth-order valence-electron chi connectivity index (χ4n) is 3.53. The predicted molar refractivity (Wildman–Crippen MR) is 117 cm³/mol. The lowest BCUT2D eigenvalue weighted by Gasteiger charge is -2.47. The van der Waals surface area contributed by atoms with Gasteiger partial charge in [0.2, 0.25) is 11.1 Å². The number of non-ortho nitro benzene ring substituents is 1. The molecule has 0 aliphatic carbocycles. The minimum Gasteiger partial charge on any atom is -0.456 e. The number of nitrogens with zero attached hydrogens (tertiary/aromatic N) is 6. The average Bonchev–Trinajstić information content (AvgIpc) is 3.30. The van der Waals surface area contributed by atoms with E-state index in [0.717, 1.165) is 0 Å². The van der Waals surface area contributed by atoms with Crippen molar-refractivity contribution in [1.82, 2.24) is 25.1 Å². The van der Waals surface area contributed by atoms with Crippen LogP contribution < -0.4 is 0 Å². The highest BCUT2D eigenvalue weighted by Gasteiger charge is 2.60. The molecule has 1 amide bonds. The number of nitro benzene ring substituents is 1. The van der Waals surface area contributed by atoms with Crippen LogP contribution in [0.4, 0.5) is 5.69 Å². The number of esters is 1. The van der Waals surface area contributed by atoms with Crippen LogP contribution in [-0.2, 0) is 28.0 Å². The molecule has 14 heteroatoms. The van der Waals surface area contributed by atoms with Crippen LogP contribution in [0, 0.1) is 16.0 Å². The van der Waals surface area contributed by atoms with Crippen LogP contribution >= 0.6 is 23.5 Å². The third kappa shape index (κ3) is 4.45. The second kappa shape index (κ2) is 8.76. The minimum absolute atomic E-state index is 0.0655. The number of carbonyl (C=O) groups excluding carboxylic acids is 2. The Kier molecular flexibility index (Phi) is 6.16. The Balaban J connectivity index is 1.52. The fraction of sp³-hybridized carbons (Fsp3) is 0.421. The van der Waals surface area contributed by atoms with Crippen molar-refractivity contribution in [2.75, 3.05) is 5.75 Å². The molecule has 1 N–H and O–H groups in total. The summed E-state index contributed by atoms with van der Waals surface area (Å²) in [6, 6.07) is 5.66. The van der Waals surface area contributed by atoms with Crippen LogP contribution in [0.5, 0.6) is 0 Å². The topological polar surface area (TPSA) is 154 Å². The molecule has 1 aromatic heterocycles. The number of fused-ring (bicyclic) bond motifs is 1. The zero-order valence-corrected chi connectivity index (χ0v) is 19.5. The molecular weight excluding hydrogens is 472 g/mol. The van der Waals surface area contributed by atoms with Gasteiger partial charge in [0, 0.05) is 29.8 Å². The summed E-state index contributed by atoms with van der Waals surface area (Å²) in [7, 11) is 1.69. The molecule has 1 saturated heterocycles. The monoisotopic (exact) mass is 492 g/mol. The number of hydrogen-bond donors (Lipinski definition) is 1. The molecule has 0 radical (unpaired) electrons. The van der Waals surface area contributed by atoms with Crippen LogP contribution in [0.15, 0.2) is 40.0 Å². The van der Waals surface area contributed by atoms with E-state index in [-0.39, 0.29) is 23.9 Å². The van der Waals surface area contributed by atoms with E-state index in [4.69, 9.17) is 4.74 Å². The Bertz CT molecular complexity index is 1140. The molecule has 1 fully saturated rings. The average molecular weight is 493 g/mol. The van der Waals surface area contributed by atoms with Gasteiger partial charge in [-0.3, -0.25) is 19.8 Å². The van der Waals surface area contributed by atoms with Crippen LogP contribution in [0.25, 0.3) is 0 Å². The van der Waals surface area contributed by atoms with E-state index in [2.05, 4.69) is 15.5 Å². The molecule has 4 rings (SSSR count). The molecule has 3 heterocycles. The first-order valence-corrected chi connectivity index (χ1v) is 11.7. The summed E-state index contributed by atoms with van der Waals surface area (Å²) >= 11 is 2.65. The number of β-lactam (4-membered cyclic amide) rings is 1. The summed E-state index contributed by atoms with van der Waals surface area (Å²) in [5.74, 6) is -1.35. The zero-order valence-electron chi connectivity index (χ0n) is 17.9. The van der Waals surface area contributed by atoms with E-state index in [1.54, 1.807) is 20.9 Å². The molecule has 2 aliphatic heterocycles. The van der Waals surface area contributed by atoms with E-state index >= 15 is 0 Å². The summed E-state index contributed by atoms with van der Waals surface area (Å²) in [4.78, 5) is 38.1. The van der Waals surface area contributed by atoms with Gasteiger partial charge in [-0.05, 0) is 42.0 Å². The van der Waals surface area contributed by atoms with Crippen molar-refractivity contribution < 1.29 is 24.4 Å². The van der Waals surface area contributed by atoms with Crippen LogP contribution in [0.1, 0.15) is 19.4 Å². The van der Waals surface area contributed by atoms with Gasteiger partial charge in [-0.25, -0.2) is 9.48 Å². The number of ether oxygens (including phenoxy) is 1. The SMILES string of the molecule is Cn1nnnc1SCC1=C(C(=O)OCc2ccc([N+](=O)[O-])cc2)N2C(=O)[C@@H](C(C)(C)O)[C@H]2S1. The van der Waals surface area contributed by atoms with Gasteiger partial charge in [0.15, 0.2) is 0 Å². The second-order valence-electron chi connectivity index (χ2n) is 7.99. The summed E-state index contributed by atoms with van der Waals surface area (Å²) < 4.78 is 6.93. The van der Waals surface area contributed by atoms with Crippen molar-refractivity contribution in [3.05, 3.63) is 50.5 Å². The second-order valence-corrected chi connectivity index (χ2v) is 10.1. The Morgan fingerprint density at radius 3 is 2.64 bits per heavy atom. The maximum absolute atomic E-state index is 13.0. The number of hydrogen-bond acceptors (Lipinski definition) is 11. The number of nitro groups is 1. The fourth-order valence-corrected chi connectivity index (χ4v) is 6.18. The number of amides is 1.